The molecule has 0 radical (unpaired) electrons. The van der Waals surface area contributed by atoms with Crippen molar-refractivity contribution >= 4 is 11.3 Å². The van der Waals surface area contributed by atoms with Gasteiger partial charge in [0.05, 0.1) is 7.11 Å². The average molecular weight is 275 g/mol. The zero-order valence-electron chi connectivity index (χ0n) is 11.6. The van der Waals surface area contributed by atoms with Gasteiger partial charge in [0.2, 0.25) is 0 Å². The molecule has 0 aliphatic heterocycles. The highest BCUT2D eigenvalue weighted by molar-refractivity contribution is 7.07. The van der Waals surface area contributed by atoms with Crippen LogP contribution in [0.25, 0.3) is 0 Å². The van der Waals surface area contributed by atoms with Crippen molar-refractivity contribution in [1.82, 2.24) is 5.32 Å². The maximum Gasteiger partial charge on any atom is 0.118 e. The molecule has 1 aromatic carbocycles. The third-order valence-electron chi connectivity index (χ3n) is 3.28. The highest BCUT2D eigenvalue weighted by atomic mass is 32.1. The smallest absolute Gasteiger partial charge is 0.118 e. The van der Waals surface area contributed by atoms with Crippen LogP contribution in [0, 0.1) is 5.92 Å². The van der Waals surface area contributed by atoms with Crippen molar-refractivity contribution < 1.29 is 4.74 Å². The van der Waals surface area contributed by atoms with Crippen LogP contribution in [-0.4, -0.2) is 20.7 Å². The van der Waals surface area contributed by atoms with Crippen molar-refractivity contribution in [2.45, 2.75) is 12.8 Å². The molecule has 0 aliphatic carbocycles. The predicted molar refractivity (Wildman–Crippen MR) is 82.1 cm³/mol. The molecule has 1 atom stereocenters. The highest BCUT2D eigenvalue weighted by Crippen LogP contribution is 2.18. The molecule has 0 saturated carbocycles. The molecule has 0 aliphatic rings. The summed E-state index contributed by atoms with van der Waals surface area (Å²) in [7, 11) is 3.73. The standard InChI is InChI=1S/C16H21NOS/c1-17-11-15(10-14-7-8-19-12-14)9-13-3-5-16(18-2)6-4-13/h3-8,12,15,17H,9-11H2,1-2H3. The van der Waals surface area contributed by atoms with Gasteiger partial charge in [0.1, 0.15) is 5.75 Å². The second kappa shape index (κ2) is 7.31. The molecule has 0 spiro atoms. The van der Waals surface area contributed by atoms with Gasteiger partial charge >= 0.3 is 0 Å². The van der Waals surface area contributed by atoms with Gasteiger partial charge in [0.25, 0.3) is 0 Å². The van der Waals surface area contributed by atoms with Crippen molar-refractivity contribution in [2.24, 2.45) is 5.92 Å². The molecule has 1 heterocycles. The van der Waals surface area contributed by atoms with Crippen LogP contribution in [-0.2, 0) is 12.8 Å². The van der Waals surface area contributed by atoms with Gasteiger partial charge in [-0.05, 0) is 72.4 Å². The lowest BCUT2D eigenvalue weighted by Crippen LogP contribution is -2.22. The van der Waals surface area contributed by atoms with E-state index in [4.69, 9.17) is 4.74 Å². The van der Waals surface area contributed by atoms with Crippen LogP contribution in [0.4, 0.5) is 0 Å². The fourth-order valence-corrected chi connectivity index (χ4v) is 3.02. The molecule has 0 bridgehead atoms. The lowest BCUT2D eigenvalue weighted by atomic mass is 9.93. The van der Waals surface area contributed by atoms with Crippen LogP contribution in [0.5, 0.6) is 5.75 Å². The predicted octanol–water partition coefficient (Wildman–Crippen LogP) is 3.38. The number of benzene rings is 1. The van der Waals surface area contributed by atoms with E-state index >= 15 is 0 Å². The molecule has 1 unspecified atom stereocenters. The Morgan fingerprint density at radius 1 is 1.11 bits per heavy atom. The summed E-state index contributed by atoms with van der Waals surface area (Å²) in [4.78, 5) is 0. The van der Waals surface area contributed by atoms with E-state index in [1.54, 1.807) is 18.4 Å². The zero-order valence-corrected chi connectivity index (χ0v) is 12.4. The van der Waals surface area contributed by atoms with E-state index in [1.165, 1.54) is 11.1 Å². The van der Waals surface area contributed by atoms with E-state index in [9.17, 15) is 0 Å². The molecule has 2 aromatic rings. The van der Waals surface area contributed by atoms with E-state index in [-0.39, 0.29) is 0 Å². The largest absolute Gasteiger partial charge is 0.497 e. The first kappa shape index (κ1) is 14.1. The molecule has 2 nitrogen and oxygen atoms in total. The topological polar surface area (TPSA) is 21.3 Å². The molecule has 0 fully saturated rings. The van der Waals surface area contributed by atoms with E-state index in [2.05, 4.69) is 34.3 Å². The van der Waals surface area contributed by atoms with Crippen LogP contribution >= 0.6 is 11.3 Å². The fourth-order valence-electron chi connectivity index (χ4n) is 2.34. The second-order valence-electron chi connectivity index (χ2n) is 4.81. The minimum atomic E-state index is 0.632. The van der Waals surface area contributed by atoms with Crippen molar-refractivity contribution in [3.63, 3.8) is 0 Å². The molecule has 3 heteroatoms. The molecule has 102 valence electrons. The Bertz CT molecular complexity index is 464. The van der Waals surface area contributed by atoms with Crippen molar-refractivity contribution in [3.8, 4) is 5.75 Å². The molecular formula is C16H21NOS. The van der Waals surface area contributed by atoms with E-state index in [0.29, 0.717) is 5.92 Å². The summed E-state index contributed by atoms with van der Waals surface area (Å²) in [5, 5.41) is 7.70. The number of nitrogens with one attached hydrogen (secondary N) is 1. The van der Waals surface area contributed by atoms with E-state index < -0.39 is 0 Å². The normalized spacial score (nSPS) is 12.3. The van der Waals surface area contributed by atoms with Crippen LogP contribution < -0.4 is 10.1 Å². The van der Waals surface area contributed by atoms with Gasteiger partial charge in [-0.15, -0.1) is 0 Å². The Balaban J connectivity index is 1.98. The molecule has 1 aromatic heterocycles. The number of thiophene rings is 1. The Morgan fingerprint density at radius 3 is 2.42 bits per heavy atom. The lowest BCUT2D eigenvalue weighted by molar-refractivity contribution is 0.414. The summed E-state index contributed by atoms with van der Waals surface area (Å²) in [6, 6.07) is 10.6. The molecule has 1 N–H and O–H groups in total. The SMILES string of the molecule is CNCC(Cc1ccc(OC)cc1)Cc1ccsc1. The Morgan fingerprint density at radius 2 is 1.84 bits per heavy atom. The first-order valence-corrected chi connectivity index (χ1v) is 7.54. The van der Waals surface area contributed by atoms with E-state index in [0.717, 1.165) is 25.1 Å². The number of hydrogen-bond acceptors (Lipinski definition) is 3. The minimum absolute atomic E-state index is 0.632. The van der Waals surface area contributed by atoms with Crippen molar-refractivity contribution in [3.05, 3.63) is 52.2 Å². The van der Waals surface area contributed by atoms with E-state index in [1.807, 2.05) is 19.2 Å². The molecule has 0 saturated heterocycles. The summed E-state index contributed by atoms with van der Waals surface area (Å²) in [5.41, 5.74) is 2.81. The first-order chi connectivity index (χ1) is 9.31. The maximum atomic E-state index is 5.20. The van der Waals surface area contributed by atoms with Gasteiger partial charge in [-0.3, -0.25) is 0 Å². The maximum absolute atomic E-state index is 5.20. The molecule has 2 rings (SSSR count). The minimum Gasteiger partial charge on any atom is -0.497 e. The summed E-state index contributed by atoms with van der Waals surface area (Å²) in [6.45, 7) is 1.04. The average Bonchev–Trinajstić information content (AvgIpc) is 2.93. The van der Waals surface area contributed by atoms with Crippen molar-refractivity contribution in [2.75, 3.05) is 20.7 Å². The highest BCUT2D eigenvalue weighted by Gasteiger charge is 2.10. The quantitative estimate of drug-likeness (QED) is 0.836. The van der Waals surface area contributed by atoms with Crippen LogP contribution in [0.1, 0.15) is 11.1 Å². The summed E-state index contributed by atoms with van der Waals surface area (Å²) in [5.74, 6) is 1.56. The van der Waals surface area contributed by atoms with Crippen LogP contribution in [0.2, 0.25) is 0 Å². The molecule has 19 heavy (non-hydrogen) atoms. The van der Waals surface area contributed by atoms with Crippen molar-refractivity contribution in [1.29, 1.82) is 0 Å². The van der Waals surface area contributed by atoms with Crippen LogP contribution in [0.15, 0.2) is 41.1 Å². The second-order valence-corrected chi connectivity index (χ2v) is 5.59. The molecular weight excluding hydrogens is 254 g/mol. The number of hydrogen-bond donors (Lipinski definition) is 1. The summed E-state index contributed by atoms with van der Waals surface area (Å²) in [6.07, 6.45) is 2.23. The third kappa shape index (κ3) is 4.37. The number of ether oxygens (including phenoxy) is 1. The van der Waals surface area contributed by atoms with Crippen LogP contribution in [0.3, 0.4) is 0 Å². The number of methoxy groups -OCH3 is 1. The van der Waals surface area contributed by atoms with Gasteiger partial charge in [-0.1, -0.05) is 12.1 Å². The molecule has 0 amide bonds. The fraction of sp³-hybridized carbons (Fsp3) is 0.375. The lowest BCUT2D eigenvalue weighted by Gasteiger charge is -2.16. The number of rotatable bonds is 7. The van der Waals surface area contributed by atoms with Gasteiger partial charge in [-0.2, -0.15) is 11.3 Å². The van der Waals surface area contributed by atoms with Gasteiger partial charge in [-0.25, -0.2) is 0 Å². The summed E-state index contributed by atoms with van der Waals surface area (Å²) < 4.78 is 5.20. The van der Waals surface area contributed by atoms with Gasteiger partial charge < -0.3 is 10.1 Å². The monoisotopic (exact) mass is 275 g/mol. The zero-order chi connectivity index (χ0) is 13.5. The Kier molecular flexibility index (Phi) is 5.43. The Labute approximate surface area is 119 Å². The first-order valence-electron chi connectivity index (χ1n) is 6.60. The van der Waals surface area contributed by atoms with Gasteiger partial charge in [0, 0.05) is 0 Å². The Hall–Kier alpha value is -1.32. The van der Waals surface area contributed by atoms with Gasteiger partial charge in [0.15, 0.2) is 0 Å². The third-order valence-corrected chi connectivity index (χ3v) is 4.01. The summed E-state index contributed by atoms with van der Waals surface area (Å²) >= 11 is 1.77.